The molecule has 0 atom stereocenters. The summed E-state index contributed by atoms with van der Waals surface area (Å²) in [5.41, 5.74) is 4.36. The fourth-order valence-electron chi connectivity index (χ4n) is 2.29. The fraction of sp³-hybridized carbons (Fsp3) is 0.333. The van der Waals surface area contributed by atoms with Crippen molar-refractivity contribution in [1.82, 2.24) is 10.3 Å². The van der Waals surface area contributed by atoms with Gasteiger partial charge in [-0.1, -0.05) is 6.07 Å². The van der Waals surface area contributed by atoms with Crippen LogP contribution in [0, 0.1) is 27.7 Å². The Morgan fingerprint density at radius 3 is 2.48 bits per heavy atom. The second kappa shape index (κ2) is 7.13. The third-order valence-electron chi connectivity index (χ3n) is 3.80. The van der Waals surface area contributed by atoms with Crippen molar-refractivity contribution in [3.63, 3.8) is 0 Å². The number of hydrogen-bond acceptors (Lipinski definition) is 3. The average Bonchev–Trinajstić information content (AvgIpc) is 2.47. The van der Waals surface area contributed by atoms with Crippen molar-refractivity contribution in [2.75, 3.05) is 6.61 Å². The lowest BCUT2D eigenvalue weighted by atomic mass is 10.1. The predicted octanol–water partition coefficient (Wildman–Crippen LogP) is 2.30. The standard InChI is InChI=1S/C18H22N2O3/c1-11-5-6-15(8-12(11)2)23-10-17(21)19-9-16-13(3)7-14(4)20-18(16)22/h5-8H,9-10H2,1-4H3,(H,19,21)(H,20,22). The molecule has 1 heterocycles. The van der Waals surface area contributed by atoms with Crippen LogP contribution in [0.15, 0.2) is 29.1 Å². The van der Waals surface area contributed by atoms with Crippen LogP contribution in [-0.2, 0) is 11.3 Å². The maximum atomic E-state index is 11.9. The van der Waals surface area contributed by atoms with Gasteiger partial charge in [-0.2, -0.15) is 0 Å². The summed E-state index contributed by atoms with van der Waals surface area (Å²) in [6, 6.07) is 7.58. The van der Waals surface area contributed by atoms with E-state index in [4.69, 9.17) is 4.74 Å². The summed E-state index contributed by atoms with van der Waals surface area (Å²) >= 11 is 0. The molecule has 0 radical (unpaired) electrons. The Balaban J connectivity index is 1.91. The second-order valence-electron chi connectivity index (χ2n) is 5.75. The Bertz CT molecular complexity index is 778. The average molecular weight is 314 g/mol. The normalized spacial score (nSPS) is 10.4. The highest BCUT2D eigenvalue weighted by molar-refractivity contribution is 5.77. The van der Waals surface area contributed by atoms with Gasteiger partial charge in [0.1, 0.15) is 5.75 Å². The van der Waals surface area contributed by atoms with E-state index >= 15 is 0 Å². The zero-order valence-electron chi connectivity index (χ0n) is 13.9. The van der Waals surface area contributed by atoms with E-state index in [-0.39, 0.29) is 24.6 Å². The number of aromatic amines is 1. The molecule has 5 heteroatoms. The summed E-state index contributed by atoms with van der Waals surface area (Å²) < 4.78 is 5.47. The minimum absolute atomic E-state index is 0.0781. The van der Waals surface area contributed by atoms with Gasteiger partial charge in [-0.05, 0) is 62.6 Å². The van der Waals surface area contributed by atoms with Crippen LogP contribution >= 0.6 is 0 Å². The topological polar surface area (TPSA) is 71.2 Å². The molecule has 0 aliphatic carbocycles. The number of ether oxygens (including phenoxy) is 1. The first-order chi connectivity index (χ1) is 10.9. The minimum atomic E-state index is -0.261. The predicted molar refractivity (Wildman–Crippen MR) is 89.8 cm³/mol. The van der Waals surface area contributed by atoms with E-state index < -0.39 is 0 Å². The molecule has 0 aliphatic heterocycles. The molecule has 0 saturated heterocycles. The van der Waals surface area contributed by atoms with E-state index in [0.29, 0.717) is 11.3 Å². The first kappa shape index (κ1) is 16.8. The van der Waals surface area contributed by atoms with Gasteiger partial charge in [-0.3, -0.25) is 9.59 Å². The monoisotopic (exact) mass is 314 g/mol. The smallest absolute Gasteiger partial charge is 0.258 e. The third kappa shape index (κ3) is 4.45. The number of amides is 1. The number of hydrogen-bond donors (Lipinski definition) is 2. The quantitative estimate of drug-likeness (QED) is 0.889. The van der Waals surface area contributed by atoms with Gasteiger partial charge in [0.15, 0.2) is 6.61 Å². The van der Waals surface area contributed by atoms with Crippen LogP contribution in [0.5, 0.6) is 5.75 Å². The van der Waals surface area contributed by atoms with E-state index in [1.54, 1.807) is 0 Å². The number of nitrogens with one attached hydrogen (secondary N) is 2. The third-order valence-corrected chi connectivity index (χ3v) is 3.80. The van der Waals surface area contributed by atoms with Gasteiger partial charge >= 0.3 is 0 Å². The van der Waals surface area contributed by atoms with Gasteiger partial charge < -0.3 is 15.0 Å². The highest BCUT2D eigenvalue weighted by Crippen LogP contribution is 2.16. The zero-order valence-corrected chi connectivity index (χ0v) is 13.9. The Hall–Kier alpha value is -2.56. The van der Waals surface area contributed by atoms with Crippen molar-refractivity contribution >= 4 is 5.91 Å². The fourth-order valence-corrected chi connectivity index (χ4v) is 2.29. The molecule has 0 saturated carbocycles. The van der Waals surface area contributed by atoms with Crippen LogP contribution in [0.4, 0.5) is 0 Å². The molecule has 0 unspecified atom stereocenters. The number of benzene rings is 1. The van der Waals surface area contributed by atoms with E-state index in [9.17, 15) is 9.59 Å². The van der Waals surface area contributed by atoms with Crippen molar-refractivity contribution < 1.29 is 9.53 Å². The van der Waals surface area contributed by atoms with Gasteiger partial charge in [-0.15, -0.1) is 0 Å². The molecule has 2 aromatic rings. The molecule has 5 nitrogen and oxygen atoms in total. The zero-order chi connectivity index (χ0) is 17.0. The highest BCUT2D eigenvalue weighted by Gasteiger charge is 2.08. The van der Waals surface area contributed by atoms with Crippen molar-refractivity contribution in [2.24, 2.45) is 0 Å². The van der Waals surface area contributed by atoms with Gasteiger partial charge in [0.2, 0.25) is 0 Å². The first-order valence-corrected chi connectivity index (χ1v) is 7.53. The summed E-state index contributed by atoms with van der Waals surface area (Å²) in [6.45, 7) is 7.81. The number of carbonyl (C=O) groups is 1. The van der Waals surface area contributed by atoms with Crippen LogP contribution in [0.3, 0.4) is 0 Å². The van der Waals surface area contributed by atoms with Crippen LogP contribution in [0.1, 0.15) is 27.9 Å². The molecular weight excluding hydrogens is 292 g/mol. The summed E-state index contributed by atoms with van der Waals surface area (Å²) in [4.78, 5) is 26.5. The number of aromatic nitrogens is 1. The van der Waals surface area contributed by atoms with Crippen LogP contribution < -0.4 is 15.6 Å². The Kier molecular flexibility index (Phi) is 5.21. The Morgan fingerprint density at radius 1 is 1.09 bits per heavy atom. The largest absolute Gasteiger partial charge is 0.484 e. The van der Waals surface area contributed by atoms with Crippen molar-refractivity contribution in [1.29, 1.82) is 0 Å². The molecule has 1 amide bonds. The van der Waals surface area contributed by atoms with Gasteiger partial charge in [0.25, 0.3) is 11.5 Å². The van der Waals surface area contributed by atoms with Crippen LogP contribution in [-0.4, -0.2) is 17.5 Å². The molecule has 0 aliphatic rings. The molecule has 0 spiro atoms. The molecule has 0 fully saturated rings. The van der Waals surface area contributed by atoms with Crippen molar-refractivity contribution in [3.8, 4) is 5.75 Å². The van der Waals surface area contributed by atoms with Gasteiger partial charge in [0, 0.05) is 17.8 Å². The molecule has 0 bridgehead atoms. The maximum Gasteiger partial charge on any atom is 0.258 e. The molecular formula is C18H22N2O3. The van der Waals surface area contributed by atoms with E-state index in [2.05, 4.69) is 10.3 Å². The highest BCUT2D eigenvalue weighted by atomic mass is 16.5. The second-order valence-corrected chi connectivity index (χ2v) is 5.75. The molecule has 23 heavy (non-hydrogen) atoms. The van der Waals surface area contributed by atoms with Crippen molar-refractivity contribution in [2.45, 2.75) is 34.2 Å². The van der Waals surface area contributed by atoms with Crippen LogP contribution in [0.25, 0.3) is 0 Å². The first-order valence-electron chi connectivity index (χ1n) is 7.53. The SMILES string of the molecule is Cc1cc(C)c(CNC(=O)COc2ccc(C)c(C)c2)c(=O)[nH]1. The number of aryl methyl sites for hydroxylation is 4. The Labute approximate surface area is 135 Å². The maximum absolute atomic E-state index is 11.9. The van der Waals surface area contributed by atoms with Gasteiger partial charge in [0.05, 0.1) is 0 Å². The number of H-pyrrole nitrogens is 1. The minimum Gasteiger partial charge on any atom is -0.484 e. The number of rotatable bonds is 5. The molecule has 122 valence electrons. The van der Waals surface area contributed by atoms with E-state index in [1.807, 2.05) is 52.0 Å². The van der Waals surface area contributed by atoms with Gasteiger partial charge in [-0.25, -0.2) is 0 Å². The lowest BCUT2D eigenvalue weighted by Crippen LogP contribution is -2.31. The summed E-state index contributed by atoms with van der Waals surface area (Å²) in [7, 11) is 0. The molecule has 2 rings (SSSR count). The summed E-state index contributed by atoms with van der Waals surface area (Å²) in [5, 5.41) is 2.71. The molecule has 1 aromatic carbocycles. The van der Waals surface area contributed by atoms with Crippen LogP contribution in [0.2, 0.25) is 0 Å². The van der Waals surface area contributed by atoms with E-state index in [1.165, 1.54) is 5.56 Å². The van der Waals surface area contributed by atoms with E-state index in [0.717, 1.165) is 16.8 Å². The Morgan fingerprint density at radius 2 is 1.83 bits per heavy atom. The number of carbonyl (C=O) groups excluding carboxylic acids is 1. The summed E-state index contributed by atoms with van der Waals surface area (Å²) in [5.74, 6) is 0.398. The lowest BCUT2D eigenvalue weighted by molar-refractivity contribution is -0.123. The lowest BCUT2D eigenvalue weighted by Gasteiger charge is -2.10. The molecule has 2 N–H and O–H groups in total. The summed E-state index contributed by atoms with van der Waals surface area (Å²) in [6.07, 6.45) is 0. The molecule has 1 aromatic heterocycles. The van der Waals surface area contributed by atoms with Crippen molar-refractivity contribution in [3.05, 3.63) is 62.6 Å². The number of pyridine rings is 1.